The Kier molecular flexibility index (Phi) is 4.67. The number of anilines is 2. The van der Waals surface area contributed by atoms with Crippen molar-refractivity contribution in [2.45, 2.75) is 19.6 Å². The summed E-state index contributed by atoms with van der Waals surface area (Å²) < 4.78 is 33.1. The number of benzene rings is 2. The van der Waals surface area contributed by atoms with Gasteiger partial charge in [0.25, 0.3) is 0 Å². The molecule has 7 heteroatoms. The Morgan fingerprint density at radius 3 is 2.72 bits per heavy atom. The quantitative estimate of drug-likeness (QED) is 0.910. The van der Waals surface area contributed by atoms with Gasteiger partial charge in [-0.25, -0.2) is 8.42 Å². The van der Waals surface area contributed by atoms with Crippen LogP contribution in [0.4, 0.5) is 11.4 Å². The first-order valence-electron chi connectivity index (χ1n) is 7.96. The second-order valence-corrected chi connectivity index (χ2v) is 7.71. The number of ether oxygens (including phenoxy) is 1. The Labute approximate surface area is 147 Å². The van der Waals surface area contributed by atoms with Crippen molar-refractivity contribution < 1.29 is 17.9 Å². The minimum Gasteiger partial charge on any atom is -0.490 e. The van der Waals surface area contributed by atoms with Gasteiger partial charge in [0, 0.05) is 6.92 Å². The summed E-state index contributed by atoms with van der Waals surface area (Å²) in [5.41, 5.74) is 2.66. The lowest BCUT2D eigenvalue weighted by Crippen LogP contribution is -2.36. The average Bonchev–Trinajstić information content (AvgIpc) is 2.55. The van der Waals surface area contributed by atoms with Crippen molar-refractivity contribution in [3.05, 3.63) is 53.6 Å². The van der Waals surface area contributed by atoms with Gasteiger partial charge in [-0.3, -0.25) is 9.52 Å². The summed E-state index contributed by atoms with van der Waals surface area (Å²) in [6.45, 7) is 4.22. The van der Waals surface area contributed by atoms with E-state index in [9.17, 15) is 13.2 Å². The first kappa shape index (κ1) is 17.3. The molecule has 2 aromatic carbocycles. The van der Waals surface area contributed by atoms with Gasteiger partial charge in [-0.15, -0.1) is 0 Å². The zero-order chi connectivity index (χ0) is 18.0. The van der Waals surface area contributed by atoms with E-state index in [1.165, 1.54) is 6.92 Å². The van der Waals surface area contributed by atoms with Crippen LogP contribution in [0.5, 0.6) is 5.75 Å². The second-order valence-electron chi connectivity index (χ2n) is 5.99. The number of sulfonamides is 1. The highest BCUT2D eigenvalue weighted by atomic mass is 32.2. The number of carbonyl (C=O) groups excluding carboxylic acids is 1. The number of fused-ring (bicyclic) bond motifs is 1. The molecule has 0 spiro atoms. The molecule has 6 nitrogen and oxygen atoms in total. The largest absolute Gasteiger partial charge is 0.490 e. The van der Waals surface area contributed by atoms with E-state index in [2.05, 4.69) is 4.72 Å². The zero-order valence-corrected chi connectivity index (χ0v) is 15.0. The smallest absolute Gasteiger partial charge is 0.236 e. The Bertz CT molecular complexity index is 909. The summed E-state index contributed by atoms with van der Waals surface area (Å²) in [6, 6.07) is 12.3. The molecule has 1 amide bonds. The predicted molar refractivity (Wildman–Crippen MR) is 97.4 cm³/mol. The molecule has 2 aromatic rings. The first-order valence-corrected chi connectivity index (χ1v) is 9.61. The maximum atomic E-state index is 12.5. The SMILES string of the molecule is CC(=O)N1CCOc2ccc(NS(=O)(=O)Cc3ccccc3C)cc21. The number of nitrogens with one attached hydrogen (secondary N) is 1. The molecule has 1 aliphatic rings. The molecule has 0 saturated heterocycles. The molecule has 0 atom stereocenters. The van der Waals surface area contributed by atoms with Crippen molar-refractivity contribution in [2.75, 3.05) is 22.8 Å². The monoisotopic (exact) mass is 360 g/mol. The van der Waals surface area contributed by atoms with E-state index in [0.717, 1.165) is 11.1 Å². The number of amides is 1. The third-order valence-electron chi connectivity index (χ3n) is 4.08. The number of nitrogens with zero attached hydrogens (tertiary/aromatic N) is 1. The molecule has 0 saturated carbocycles. The molecule has 1 heterocycles. The summed E-state index contributed by atoms with van der Waals surface area (Å²) in [7, 11) is -3.57. The molecule has 0 unspecified atom stereocenters. The van der Waals surface area contributed by atoms with E-state index in [1.54, 1.807) is 29.2 Å². The highest BCUT2D eigenvalue weighted by Crippen LogP contribution is 2.34. The van der Waals surface area contributed by atoms with Crippen molar-refractivity contribution in [3.8, 4) is 5.75 Å². The number of hydrogen-bond donors (Lipinski definition) is 1. The predicted octanol–water partition coefficient (Wildman–Crippen LogP) is 2.68. The van der Waals surface area contributed by atoms with Crippen LogP contribution in [-0.4, -0.2) is 27.5 Å². The normalized spacial score (nSPS) is 13.8. The molecule has 132 valence electrons. The van der Waals surface area contributed by atoms with E-state index >= 15 is 0 Å². The van der Waals surface area contributed by atoms with Gasteiger partial charge in [0.05, 0.1) is 23.7 Å². The van der Waals surface area contributed by atoms with Crippen LogP contribution in [0.2, 0.25) is 0 Å². The van der Waals surface area contributed by atoms with E-state index in [4.69, 9.17) is 4.74 Å². The van der Waals surface area contributed by atoms with Crippen LogP contribution in [0, 0.1) is 6.92 Å². The highest BCUT2D eigenvalue weighted by Gasteiger charge is 2.22. The fourth-order valence-electron chi connectivity index (χ4n) is 2.80. The minimum atomic E-state index is -3.57. The Morgan fingerprint density at radius 2 is 2.00 bits per heavy atom. The van der Waals surface area contributed by atoms with Gasteiger partial charge >= 0.3 is 0 Å². The third kappa shape index (κ3) is 3.93. The van der Waals surface area contributed by atoms with Gasteiger partial charge in [0.2, 0.25) is 15.9 Å². The van der Waals surface area contributed by atoms with Crippen molar-refractivity contribution in [3.63, 3.8) is 0 Å². The summed E-state index contributed by atoms with van der Waals surface area (Å²) >= 11 is 0. The van der Waals surface area contributed by atoms with Crippen LogP contribution < -0.4 is 14.4 Å². The molecule has 0 radical (unpaired) electrons. The van der Waals surface area contributed by atoms with Crippen LogP contribution in [0.25, 0.3) is 0 Å². The van der Waals surface area contributed by atoms with Crippen LogP contribution >= 0.6 is 0 Å². The summed E-state index contributed by atoms with van der Waals surface area (Å²) in [6.07, 6.45) is 0. The van der Waals surface area contributed by atoms with Gasteiger partial charge < -0.3 is 9.64 Å². The maximum absolute atomic E-state index is 12.5. The van der Waals surface area contributed by atoms with Crippen LogP contribution in [0.15, 0.2) is 42.5 Å². The van der Waals surface area contributed by atoms with Crippen molar-refractivity contribution in [1.82, 2.24) is 0 Å². The average molecular weight is 360 g/mol. The number of aryl methyl sites for hydroxylation is 1. The van der Waals surface area contributed by atoms with Crippen LogP contribution in [0.1, 0.15) is 18.1 Å². The topological polar surface area (TPSA) is 75.7 Å². The Hall–Kier alpha value is -2.54. The summed E-state index contributed by atoms with van der Waals surface area (Å²) in [5, 5.41) is 0. The van der Waals surface area contributed by atoms with E-state index < -0.39 is 10.0 Å². The van der Waals surface area contributed by atoms with Crippen molar-refractivity contribution >= 4 is 27.3 Å². The lowest BCUT2D eigenvalue weighted by Gasteiger charge is -2.29. The molecular formula is C18H20N2O4S. The second kappa shape index (κ2) is 6.76. The lowest BCUT2D eigenvalue weighted by atomic mass is 10.1. The van der Waals surface area contributed by atoms with E-state index in [0.29, 0.717) is 30.3 Å². The van der Waals surface area contributed by atoms with Gasteiger partial charge in [-0.2, -0.15) is 0 Å². The molecule has 1 N–H and O–H groups in total. The van der Waals surface area contributed by atoms with Gasteiger partial charge in [0.15, 0.2) is 0 Å². The van der Waals surface area contributed by atoms with Crippen molar-refractivity contribution in [2.24, 2.45) is 0 Å². The molecular weight excluding hydrogens is 340 g/mol. The van der Waals surface area contributed by atoms with Crippen LogP contribution in [0.3, 0.4) is 0 Å². The van der Waals surface area contributed by atoms with Gasteiger partial charge in [-0.05, 0) is 36.2 Å². The third-order valence-corrected chi connectivity index (χ3v) is 5.32. The maximum Gasteiger partial charge on any atom is 0.236 e. The molecule has 0 bridgehead atoms. The fraction of sp³-hybridized carbons (Fsp3) is 0.278. The number of carbonyl (C=O) groups is 1. The molecule has 0 aliphatic carbocycles. The first-order chi connectivity index (χ1) is 11.9. The molecule has 0 fully saturated rings. The lowest BCUT2D eigenvalue weighted by molar-refractivity contribution is -0.116. The number of rotatable bonds is 4. The summed E-state index contributed by atoms with van der Waals surface area (Å²) in [4.78, 5) is 13.3. The van der Waals surface area contributed by atoms with E-state index in [-0.39, 0.29) is 11.7 Å². The van der Waals surface area contributed by atoms with Gasteiger partial charge in [0.1, 0.15) is 12.4 Å². The molecule has 0 aromatic heterocycles. The summed E-state index contributed by atoms with van der Waals surface area (Å²) in [5.74, 6) is 0.358. The zero-order valence-electron chi connectivity index (χ0n) is 14.2. The molecule has 25 heavy (non-hydrogen) atoms. The minimum absolute atomic E-state index is 0.107. The van der Waals surface area contributed by atoms with E-state index in [1.807, 2.05) is 25.1 Å². The fourth-order valence-corrected chi connectivity index (χ4v) is 4.09. The van der Waals surface area contributed by atoms with Gasteiger partial charge in [-0.1, -0.05) is 24.3 Å². The van der Waals surface area contributed by atoms with Crippen LogP contribution in [-0.2, 0) is 20.6 Å². The Morgan fingerprint density at radius 1 is 1.24 bits per heavy atom. The highest BCUT2D eigenvalue weighted by molar-refractivity contribution is 7.91. The number of hydrogen-bond acceptors (Lipinski definition) is 4. The Balaban J connectivity index is 1.84. The molecule has 3 rings (SSSR count). The standard InChI is InChI=1S/C18H20N2O4S/c1-13-5-3-4-6-15(13)12-25(22,23)19-16-7-8-18-17(11-16)20(14(2)21)9-10-24-18/h3-8,11,19H,9-10,12H2,1-2H3. The molecule has 1 aliphatic heterocycles. The van der Waals surface area contributed by atoms with Crippen molar-refractivity contribution in [1.29, 1.82) is 0 Å².